The number of ether oxygens (including phenoxy) is 2. The number of nitrogens with two attached hydrogens (primary N) is 1. The van der Waals surface area contributed by atoms with Gasteiger partial charge < -0.3 is 20.3 Å². The van der Waals surface area contributed by atoms with E-state index in [2.05, 4.69) is 18.8 Å². The van der Waals surface area contributed by atoms with Crippen molar-refractivity contribution in [3.05, 3.63) is 22.7 Å². The Labute approximate surface area is 159 Å². The van der Waals surface area contributed by atoms with Crippen LogP contribution in [0.1, 0.15) is 51.8 Å². The number of rotatable bonds is 10. The third-order valence-corrected chi connectivity index (χ3v) is 6.24. The topological polar surface area (TPSA) is 99.6 Å². The van der Waals surface area contributed by atoms with Crippen molar-refractivity contribution in [2.45, 2.75) is 68.8 Å². The molecule has 1 aliphatic rings. The van der Waals surface area contributed by atoms with Crippen molar-refractivity contribution in [2.75, 3.05) is 25.6 Å². The van der Waals surface area contributed by atoms with Gasteiger partial charge in [0.05, 0.1) is 11.9 Å². The van der Waals surface area contributed by atoms with E-state index >= 15 is 0 Å². The average Bonchev–Trinajstić information content (AvgIpc) is 2.83. The Kier molecular flexibility index (Phi) is 7.94. The zero-order valence-electron chi connectivity index (χ0n) is 15.9. The summed E-state index contributed by atoms with van der Waals surface area (Å²) in [5, 5.41) is 10.6. The van der Waals surface area contributed by atoms with Crippen molar-refractivity contribution in [1.82, 2.24) is 9.55 Å². The van der Waals surface area contributed by atoms with Gasteiger partial charge in [-0.2, -0.15) is 4.98 Å². The molecule has 3 N–H and O–H groups in total. The van der Waals surface area contributed by atoms with Gasteiger partial charge >= 0.3 is 5.69 Å². The summed E-state index contributed by atoms with van der Waals surface area (Å²) in [6, 6.07) is 1.57. The summed E-state index contributed by atoms with van der Waals surface area (Å²) in [6.45, 7) is 7.67. The van der Waals surface area contributed by atoms with Crippen LogP contribution in [0.25, 0.3) is 0 Å². The molecule has 2 unspecified atom stereocenters. The monoisotopic (exact) mass is 385 g/mol. The molecule has 26 heavy (non-hydrogen) atoms. The smallest absolute Gasteiger partial charge is 0.350 e. The Morgan fingerprint density at radius 3 is 2.69 bits per heavy atom. The van der Waals surface area contributed by atoms with E-state index in [0.717, 1.165) is 25.7 Å². The third kappa shape index (κ3) is 5.00. The molecule has 1 aromatic rings. The second kappa shape index (κ2) is 9.73. The fourth-order valence-electron chi connectivity index (χ4n) is 3.05. The van der Waals surface area contributed by atoms with E-state index in [-0.39, 0.29) is 11.1 Å². The lowest BCUT2D eigenvalue weighted by molar-refractivity contribution is -0.106. The molecule has 0 saturated carbocycles. The largest absolute Gasteiger partial charge is 0.384 e. The molecular weight excluding hydrogens is 354 g/mol. The van der Waals surface area contributed by atoms with E-state index in [0.29, 0.717) is 19.8 Å². The lowest BCUT2D eigenvalue weighted by Crippen LogP contribution is -2.48. The first-order chi connectivity index (χ1) is 12.4. The van der Waals surface area contributed by atoms with Gasteiger partial charge in [-0.25, -0.2) is 4.79 Å². The van der Waals surface area contributed by atoms with Gasteiger partial charge in [0.1, 0.15) is 22.9 Å². The zero-order valence-corrected chi connectivity index (χ0v) is 16.7. The first kappa shape index (κ1) is 21.2. The van der Waals surface area contributed by atoms with Crippen LogP contribution in [0, 0.1) is 0 Å². The lowest BCUT2D eigenvalue weighted by atomic mass is 9.96. The molecule has 148 valence electrons. The first-order valence-electron chi connectivity index (χ1n) is 9.33. The molecule has 1 saturated heterocycles. The molecule has 2 rings (SSSR count). The Balaban J connectivity index is 2.19. The number of anilines is 1. The normalized spacial score (nSPS) is 28.5. The Morgan fingerprint density at radius 2 is 2.04 bits per heavy atom. The van der Waals surface area contributed by atoms with E-state index < -0.39 is 22.8 Å². The van der Waals surface area contributed by atoms with E-state index in [1.54, 1.807) is 19.2 Å². The van der Waals surface area contributed by atoms with Crippen LogP contribution in [0.15, 0.2) is 17.1 Å². The molecule has 7 nitrogen and oxygen atoms in total. The van der Waals surface area contributed by atoms with Crippen molar-refractivity contribution < 1.29 is 14.6 Å². The molecule has 0 bridgehead atoms. The highest BCUT2D eigenvalue weighted by molar-refractivity contribution is 8.00. The van der Waals surface area contributed by atoms with Gasteiger partial charge in [-0.15, -0.1) is 11.8 Å². The highest BCUT2D eigenvalue weighted by Crippen LogP contribution is 2.49. The molecule has 4 atom stereocenters. The average molecular weight is 386 g/mol. The van der Waals surface area contributed by atoms with Crippen molar-refractivity contribution >= 4 is 17.6 Å². The molecule has 1 aromatic heterocycles. The predicted molar refractivity (Wildman–Crippen MR) is 104 cm³/mol. The third-order valence-electron chi connectivity index (χ3n) is 4.54. The first-order valence-corrected chi connectivity index (χ1v) is 10.3. The maximum Gasteiger partial charge on any atom is 0.350 e. The van der Waals surface area contributed by atoms with E-state index in [1.165, 1.54) is 16.3 Å². The van der Waals surface area contributed by atoms with Crippen molar-refractivity contribution in [2.24, 2.45) is 0 Å². The number of hydrogen-bond donors (Lipinski definition) is 2. The number of thioether (sulfide) groups is 1. The SMILES string of the molecule is CCCCOC[C@H]1SC(n2ccc(N)nc2=O)C(C)(O)[C@@H]1OCCCC. The highest BCUT2D eigenvalue weighted by atomic mass is 32.2. The molecule has 0 aromatic carbocycles. The molecule has 8 heteroatoms. The second-order valence-corrected chi connectivity index (χ2v) is 8.19. The van der Waals surface area contributed by atoms with Crippen LogP contribution >= 0.6 is 11.8 Å². The summed E-state index contributed by atoms with van der Waals surface area (Å²) in [6.07, 6.45) is 5.18. The van der Waals surface area contributed by atoms with Crippen LogP contribution in [0.2, 0.25) is 0 Å². The maximum atomic E-state index is 12.3. The number of unbranched alkanes of at least 4 members (excludes halogenated alkanes) is 2. The van der Waals surface area contributed by atoms with Crippen LogP contribution in [-0.2, 0) is 9.47 Å². The summed E-state index contributed by atoms with van der Waals surface area (Å²) >= 11 is 1.50. The molecule has 1 aliphatic heterocycles. The van der Waals surface area contributed by atoms with Gasteiger partial charge in [0.2, 0.25) is 0 Å². The minimum absolute atomic E-state index is 0.0619. The minimum Gasteiger partial charge on any atom is -0.384 e. The molecule has 0 aliphatic carbocycles. The fourth-order valence-corrected chi connectivity index (χ4v) is 4.75. The predicted octanol–water partition coefficient (Wildman–Crippen LogP) is 2.19. The molecular formula is C18H31N3O4S. The van der Waals surface area contributed by atoms with Gasteiger partial charge in [-0.3, -0.25) is 4.57 Å². The van der Waals surface area contributed by atoms with Crippen LogP contribution in [0.5, 0.6) is 0 Å². The fraction of sp³-hybridized carbons (Fsp3) is 0.778. The maximum absolute atomic E-state index is 12.3. The minimum atomic E-state index is -1.22. The standard InChI is InChI=1S/C18H31N3O4S/c1-4-6-10-24-12-13-15(25-11-7-5-2)18(3,23)16(26-13)21-9-8-14(19)20-17(21)22/h8-9,13,15-16,23H,4-7,10-12H2,1-3H3,(H2,19,20,22)/t13-,15-,16?,18?/m1/s1. The summed E-state index contributed by atoms with van der Waals surface area (Å²) in [7, 11) is 0. The van der Waals surface area contributed by atoms with Gasteiger partial charge in [-0.1, -0.05) is 26.7 Å². The van der Waals surface area contributed by atoms with E-state index in [9.17, 15) is 9.90 Å². The highest BCUT2D eigenvalue weighted by Gasteiger charge is 2.54. The summed E-state index contributed by atoms with van der Waals surface area (Å²) < 4.78 is 13.3. The van der Waals surface area contributed by atoms with Crippen LogP contribution in [0.3, 0.4) is 0 Å². The van der Waals surface area contributed by atoms with Crippen LogP contribution < -0.4 is 11.4 Å². The van der Waals surface area contributed by atoms with Gasteiger partial charge in [-0.05, 0) is 25.8 Å². The van der Waals surface area contributed by atoms with Gasteiger partial charge in [0, 0.05) is 19.4 Å². The Morgan fingerprint density at radius 1 is 1.35 bits per heavy atom. The quantitative estimate of drug-likeness (QED) is 0.596. The summed E-state index contributed by atoms with van der Waals surface area (Å²) in [5.41, 5.74) is 3.89. The molecule has 0 amide bonds. The molecule has 0 radical (unpaired) electrons. The number of aliphatic hydroxyl groups is 1. The number of nitrogen functional groups attached to an aromatic ring is 1. The number of aromatic nitrogens is 2. The Hall–Kier alpha value is -1.09. The van der Waals surface area contributed by atoms with Gasteiger partial charge in [0.25, 0.3) is 0 Å². The van der Waals surface area contributed by atoms with Crippen LogP contribution in [0.4, 0.5) is 5.82 Å². The van der Waals surface area contributed by atoms with E-state index in [1.807, 2.05) is 0 Å². The number of nitrogens with zero attached hydrogens (tertiary/aromatic N) is 2. The lowest BCUT2D eigenvalue weighted by Gasteiger charge is -2.32. The summed E-state index contributed by atoms with van der Waals surface area (Å²) in [5.74, 6) is 0.170. The van der Waals surface area contributed by atoms with E-state index in [4.69, 9.17) is 15.2 Å². The van der Waals surface area contributed by atoms with Gasteiger partial charge in [0.15, 0.2) is 0 Å². The number of hydrogen-bond acceptors (Lipinski definition) is 7. The second-order valence-electron chi connectivity index (χ2n) is 6.87. The zero-order chi connectivity index (χ0) is 19.2. The molecule has 1 fully saturated rings. The van der Waals surface area contributed by atoms with Crippen LogP contribution in [-0.4, -0.2) is 51.4 Å². The summed E-state index contributed by atoms with van der Waals surface area (Å²) in [4.78, 5) is 16.0. The molecule has 2 heterocycles. The van der Waals surface area contributed by atoms with Crippen molar-refractivity contribution in [3.63, 3.8) is 0 Å². The Bertz CT molecular complexity index is 623. The molecule has 0 spiro atoms. The van der Waals surface area contributed by atoms with Crippen molar-refractivity contribution in [1.29, 1.82) is 0 Å². The van der Waals surface area contributed by atoms with Crippen molar-refractivity contribution in [3.8, 4) is 0 Å².